The molecule has 3 aliphatic rings. The molecule has 0 saturated heterocycles. The molecule has 0 radical (unpaired) electrons. The fraction of sp³-hybridized carbons (Fsp3) is 0.571. The lowest BCUT2D eigenvalue weighted by molar-refractivity contribution is -0.155. The van der Waals surface area contributed by atoms with Gasteiger partial charge in [0, 0.05) is 18.8 Å². The largest absolute Gasteiger partial charge is 0.481 e. The summed E-state index contributed by atoms with van der Waals surface area (Å²) in [5, 5.41) is 8.91. The van der Waals surface area contributed by atoms with Crippen molar-refractivity contribution in [1.29, 1.82) is 0 Å². The van der Waals surface area contributed by atoms with Crippen LogP contribution in [0.15, 0.2) is 48.5 Å². The van der Waals surface area contributed by atoms with Crippen molar-refractivity contribution in [2.75, 3.05) is 0 Å². The zero-order valence-corrected chi connectivity index (χ0v) is 24.5. The summed E-state index contributed by atoms with van der Waals surface area (Å²) in [4.78, 5) is 35.5. The summed E-state index contributed by atoms with van der Waals surface area (Å²) in [6.45, 7) is 3.89. The van der Waals surface area contributed by atoms with Crippen molar-refractivity contribution in [3.8, 4) is 5.75 Å². The first kappa shape index (κ1) is 29.3. The van der Waals surface area contributed by atoms with Crippen LogP contribution in [0.25, 0.3) is 0 Å². The number of ether oxygens (including phenoxy) is 2. The van der Waals surface area contributed by atoms with Gasteiger partial charge in [-0.2, -0.15) is 0 Å². The maximum Gasteiger partial charge on any atom is 0.343 e. The molecule has 2 aromatic rings. The molecule has 6 atom stereocenters. The van der Waals surface area contributed by atoms with Gasteiger partial charge in [0.25, 0.3) is 0 Å². The molecule has 2 aromatic carbocycles. The van der Waals surface area contributed by atoms with Crippen LogP contribution >= 0.6 is 0 Å². The maximum atomic E-state index is 12.7. The van der Waals surface area contributed by atoms with E-state index in [1.165, 1.54) is 18.1 Å². The molecule has 220 valence electrons. The number of esters is 2. The number of aliphatic carboxylic acids is 1. The van der Waals surface area contributed by atoms with Gasteiger partial charge >= 0.3 is 17.9 Å². The molecule has 0 amide bonds. The molecule has 6 nitrogen and oxygen atoms in total. The van der Waals surface area contributed by atoms with Gasteiger partial charge in [0.2, 0.25) is 0 Å². The molecule has 0 bridgehead atoms. The maximum absolute atomic E-state index is 12.7. The van der Waals surface area contributed by atoms with E-state index in [9.17, 15) is 14.4 Å². The van der Waals surface area contributed by atoms with Crippen molar-refractivity contribution in [3.63, 3.8) is 0 Å². The molecule has 6 heteroatoms. The molecule has 0 heterocycles. The van der Waals surface area contributed by atoms with Gasteiger partial charge in [-0.15, -0.1) is 0 Å². The Hall–Kier alpha value is -3.15. The number of unbranched alkanes of at least 4 members (excludes halogenated alkanes) is 4. The van der Waals surface area contributed by atoms with Crippen molar-refractivity contribution >= 4 is 17.9 Å². The predicted octanol–water partition coefficient (Wildman–Crippen LogP) is 7.74. The summed E-state index contributed by atoms with van der Waals surface area (Å²) >= 11 is 0. The number of fused-ring (bicyclic) bond motifs is 5. The first-order valence-electron chi connectivity index (χ1n) is 15.6. The molecule has 2 fully saturated rings. The average molecular weight is 561 g/mol. The summed E-state index contributed by atoms with van der Waals surface area (Å²) in [7, 11) is 0. The Morgan fingerprint density at radius 1 is 0.951 bits per heavy atom. The van der Waals surface area contributed by atoms with Crippen LogP contribution in [0.2, 0.25) is 0 Å². The number of carbonyl (C=O) groups excluding carboxylic acids is 2. The van der Waals surface area contributed by atoms with Gasteiger partial charge in [-0.3, -0.25) is 9.59 Å². The molecule has 0 spiro atoms. The molecule has 5 rings (SSSR count). The first-order valence-corrected chi connectivity index (χ1v) is 15.6. The highest BCUT2D eigenvalue weighted by molar-refractivity contribution is 5.91. The monoisotopic (exact) mass is 560 g/mol. The summed E-state index contributed by atoms with van der Waals surface area (Å²) in [5.41, 5.74) is 3.26. The third kappa shape index (κ3) is 6.52. The molecule has 41 heavy (non-hydrogen) atoms. The summed E-state index contributed by atoms with van der Waals surface area (Å²) in [6, 6.07) is 15.3. The molecule has 0 unspecified atom stereocenters. The van der Waals surface area contributed by atoms with E-state index in [0.29, 0.717) is 35.0 Å². The zero-order chi connectivity index (χ0) is 29.0. The van der Waals surface area contributed by atoms with E-state index in [0.717, 1.165) is 70.6 Å². The highest BCUT2D eigenvalue weighted by atomic mass is 16.5. The first-order chi connectivity index (χ1) is 19.8. The molecular formula is C35H44O6. The minimum Gasteiger partial charge on any atom is -0.481 e. The SMILES string of the molecule is CC(=O)O[C@H]1CC[C@H]2[C@@H]3[C@H](CCCCCCCC(=O)O)Cc4cc(OC(=O)c5ccccc5)ccc4[C@H]3CC[C@]12C. The Balaban J connectivity index is 1.34. The summed E-state index contributed by atoms with van der Waals surface area (Å²) in [6.07, 6.45) is 11.6. The second-order valence-corrected chi connectivity index (χ2v) is 12.8. The number of carbonyl (C=O) groups is 3. The van der Waals surface area contributed by atoms with E-state index in [2.05, 4.69) is 19.1 Å². The zero-order valence-electron chi connectivity index (χ0n) is 24.5. The number of carboxylic acids is 1. The van der Waals surface area contributed by atoms with Gasteiger partial charge in [-0.1, -0.05) is 56.9 Å². The number of hydrogen-bond donors (Lipinski definition) is 1. The van der Waals surface area contributed by atoms with Gasteiger partial charge in [-0.25, -0.2) is 4.79 Å². The molecule has 2 saturated carbocycles. The van der Waals surface area contributed by atoms with Gasteiger partial charge in [0.05, 0.1) is 5.56 Å². The van der Waals surface area contributed by atoms with Crippen molar-refractivity contribution in [3.05, 3.63) is 65.2 Å². The number of carboxylic acid groups (broad SMARTS) is 1. The van der Waals surface area contributed by atoms with Crippen LogP contribution in [0.3, 0.4) is 0 Å². The van der Waals surface area contributed by atoms with Crippen molar-refractivity contribution < 1.29 is 29.0 Å². The third-order valence-corrected chi connectivity index (χ3v) is 10.3. The molecular weight excluding hydrogens is 516 g/mol. The second-order valence-electron chi connectivity index (χ2n) is 12.8. The Morgan fingerprint density at radius 2 is 1.71 bits per heavy atom. The highest BCUT2D eigenvalue weighted by Crippen LogP contribution is 2.63. The van der Waals surface area contributed by atoms with Gasteiger partial charge < -0.3 is 14.6 Å². The van der Waals surface area contributed by atoms with Crippen molar-refractivity contribution in [1.82, 2.24) is 0 Å². The predicted molar refractivity (Wildman–Crippen MR) is 157 cm³/mol. The number of benzene rings is 2. The lowest BCUT2D eigenvalue weighted by atomic mass is 9.52. The van der Waals surface area contributed by atoms with E-state index in [-0.39, 0.29) is 29.9 Å². The van der Waals surface area contributed by atoms with Crippen LogP contribution < -0.4 is 4.74 Å². The fourth-order valence-electron chi connectivity index (χ4n) is 8.41. The summed E-state index contributed by atoms with van der Waals surface area (Å²) < 4.78 is 11.7. The smallest absolute Gasteiger partial charge is 0.343 e. The minimum atomic E-state index is -0.713. The fourth-order valence-corrected chi connectivity index (χ4v) is 8.41. The van der Waals surface area contributed by atoms with Crippen LogP contribution in [0, 0.1) is 23.2 Å². The van der Waals surface area contributed by atoms with Crippen LogP contribution in [0.1, 0.15) is 112 Å². The van der Waals surface area contributed by atoms with Crippen molar-refractivity contribution in [2.45, 2.75) is 103 Å². The third-order valence-electron chi connectivity index (χ3n) is 10.3. The van der Waals surface area contributed by atoms with E-state index in [1.807, 2.05) is 24.3 Å². The molecule has 1 N–H and O–H groups in total. The van der Waals surface area contributed by atoms with E-state index in [1.54, 1.807) is 12.1 Å². The normalized spacial score (nSPS) is 28.2. The molecule has 3 aliphatic carbocycles. The average Bonchev–Trinajstić information content (AvgIpc) is 3.27. The number of rotatable bonds is 11. The Morgan fingerprint density at radius 3 is 2.46 bits per heavy atom. The lowest BCUT2D eigenvalue weighted by Crippen LogP contribution is -2.48. The van der Waals surface area contributed by atoms with Gasteiger partial charge in [0.15, 0.2) is 0 Å². The number of hydrogen-bond acceptors (Lipinski definition) is 5. The van der Waals surface area contributed by atoms with E-state index >= 15 is 0 Å². The van der Waals surface area contributed by atoms with Crippen LogP contribution in [-0.4, -0.2) is 29.1 Å². The van der Waals surface area contributed by atoms with Gasteiger partial charge in [0.1, 0.15) is 11.9 Å². The summed E-state index contributed by atoms with van der Waals surface area (Å²) in [5.74, 6) is 1.43. The van der Waals surface area contributed by atoms with Crippen molar-refractivity contribution in [2.24, 2.45) is 23.2 Å². The van der Waals surface area contributed by atoms with Crippen LogP contribution in [0.5, 0.6) is 5.75 Å². The molecule has 0 aliphatic heterocycles. The van der Waals surface area contributed by atoms with Crippen LogP contribution in [-0.2, 0) is 20.7 Å². The van der Waals surface area contributed by atoms with Gasteiger partial charge in [-0.05, 0) is 104 Å². The lowest BCUT2D eigenvalue weighted by Gasteiger charge is -2.53. The Bertz CT molecular complexity index is 1240. The highest BCUT2D eigenvalue weighted by Gasteiger charge is 2.58. The van der Waals surface area contributed by atoms with E-state index < -0.39 is 5.97 Å². The van der Waals surface area contributed by atoms with E-state index in [4.69, 9.17) is 14.6 Å². The minimum absolute atomic E-state index is 0.00186. The van der Waals surface area contributed by atoms with Crippen LogP contribution in [0.4, 0.5) is 0 Å². The second kappa shape index (κ2) is 12.8. The quantitative estimate of drug-likeness (QED) is 0.172. The topological polar surface area (TPSA) is 89.9 Å². The Kier molecular flexibility index (Phi) is 9.16. The Labute approximate surface area is 243 Å². The molecule has 0 aromatic heterocycles. The standard InChI is InChI=1S/C35H44O6/c1-23(36)40-31-18-17-30-33-25(13-7-4-3-5-10-14-32(37)38)21-26-22-27(41-34(39)24-11-8-6-9-12-24)15-16-28(26)29(33)19-20-35(30,31)2/h6,8-9,11-12,15-16,22,25,29-31,33H,3-5,7,10,13-14,17-21H2,1-2H3,(H,37,38)/t25-,29-,30+,31+,33-,35+/m1/s1.